The van der Waals surface area contributed by atoms with Crippen molar-refractivity contribution in [1.82, 2.24) is 4.90 Å². The van der Waals surface area contributed by atoms with Gasteiger partial charge in [-0.25, -0.2) is 0 Å². The fraction of sp³-hybridized carbons (Fsp3) is 0.579. The number of methoxy groups -OCH3 is 1. The molecule has 2 N–H and O–H groups in total. The van der Waals surface area contributed by atoms with E-state index >= 15 is 0 Å². The van der Waals surface area contributed by atoms with E-state index in [9.17, 15) is 9.59 Å². The lowest BCUT2D eigenvalue weighted by Gasteiger charge is -2.36. The summed E-state index contributed by atoms with van der Waals surface area (Å²) in [5.74, 6) is 1.63. The number of nitrogens with zero attached hydrogens (tertiary/aromatic N) is 1. The van der Waals surface area contributed by atoms with Crippen LogP contribution in [0.3, 0.4) is 0 Å². The van der Waals surface area contributed by atoms with E-state index in [1.807, 2.05) is 11.8 Å². The van der Waals surface area contributed by atoms with Crippen LogP contribution in [0.25, 0.3) is 0 Å². The number of carbonyl (C=O) groups is 2. The summed E-state index contributed by atoms with van der Waals surface area (Å²) in [5, 5.41) is 5.98. The first-order valence-electron chi connectivity index (χ1n) is 8.81. The molecular formula is C19H29N3O3. The van der Waals surface area contributed by atoms with Crippen LogP contribution in [-0.4, -0.2) is 43.0 Å². The highest BCUT2D eigenvalue weighted by atomic mass is 16.5. The van der Waals surface area contributed by atoms with Crippen molar-refractivity contribution in [2.24, 2.45) is 11.8 Å². The lowest BCUT2D eigenvalue weighted by molar-refractivity contribution is -0.134. The van der Waals surface area contributed by atoms with Gasteiger partial charge in [0.15, 0.2) is 0 Å². The van der Waals surface area contributed by atoms with E-state index in [1.54, 1.807) is 25.3 Å². The number of hydrogen-bond acceptors (Lipinski definition) is 4. The molecule has 1 aliphatic rings. The Morgan fingerprint density at radius 2 is 1.88 bits per heavy atom. The second-order valence-electron chi connectivity index (χ2n) is 7.15. The van der Waals surface area contributed by atoms with Gasteiger partial charge in [-0.1, -0.05) is 13.8 Å². The van der Waals surface area contributed by atoms with Gasteiger partial charge < -0.3 is 20.3 Å². The number of ether oxygens (including phenoxy) is 1. The number of amides is 2. The fourth-order valence-corrected chi connectivity index (χ4v) is 3.51. The maximum absolute atomic E-state index is 12.8. The number of likely N-dealkylation sites (tertiary alicyclic amines) is 1. The largest absolute Gasteiger partial charge is 0.495 e. The maximum atomic E-state index is 12.8. The normalized spacial score (nSPS) is 21.4. The molecule has 3 atom stereocenters. The van der Waals surface area contributed by atoms with Gasteiger partial charge in [-0.15, -0.1) is 0 Å². The van der Waals surface area contributed by atoms with E-state index in [-0.39, 0.29) is 17.9 Å². The molecular weight excluding hydrogens is 318 g/mol. The zero-order valence-corrected chi connectivity index (χ0v) is 15.8. The van der Waals surface area contributed by atoms with Crippen molar-refractivity contribution in [3.63, 3.8) is 0 Å². The molecule has 0 saturated carbocycles. The number of piperidine rings is 1. The molecule has 6 nitrogen and oxygen atoms in total. The van der Waals surface area contributed by atoms with E-state index in [1.165, 1.54) is 6.92 Å². The third-order valence-electron chi connectivity index (χ3n) is 4.44. The smallest absolute Gasteiger partial charge is 0.244 e. The van der Waals surface area contributed by atoms with Crippen molar-refractivity contribution in [3.8, 4) is 5.75 Å². The predicted octanol–water partition coefficient (Wildman–Crippen LogP) is 2.96. The molecule has 0 unspecified atom stereocenters. The van der Waals surface area contributed by atoms with Crippen molar-refractivity contribution < 1.29 is 14.3 Å². The van der Waals surface area contributed by atoms with E-state index in [4.69, 9.17) is 4.74 Å². The quantitative estimate of drug-likeness (QED) is 0.859. The van der Waals surface area contributed by atoms with Crippen molar-refractivity contribution in [2.75, 3.05) is 30.8 Å². The van der Waals surface area contributed by atoms with Crippen molar-refractivity contribution >= 4 is 23.2 Å². The number of benzene rings is 1. The molecule has 0 aromatic heterocycles. The Morgan fingerprint density at radius 1 is 1.24 bits per heavy atom. The molecule has 1 saturated heterocycles. The van der Waals surface area contributed by atoms with Crippen LogP contribution in [0.5, 0.6) is 5.75 Å². The van der Waals surface area contributed by atoms with Crippen molar-refractivity contribution in [1.29, 1.82) is 0 Å². The van der Waals surface area contributed by atoms with Gasteiger partial charge in [0.05, 0.1) is 12.8 Å². The summed E-state index contributed by atoms with van der Waals surface area (Å²) in [5.41, 5.74) is 1.35. The Bertz CT molecular complexity index is 622. The van der Waals surface area contributed by atoms with Gasteiger partial charge in [0, 0.05) is 25.7 Å². The number of rotatable bonds is 5. The number of hydrogen-bond donors (Lipinski definition) is 2. The van der Waals surface area contributed by atoms with Crippen LogP contribution < -0.4 is 15.4 Å². The summed E-state index contributed by atoms with van der Waals surface area (Å²) in [6, 6.07) is 4.95. The molecule has 0 spiro atoms. The molecule has 1 fully saturated rings. The molecule has 1 aromatic carbocycles. The minimum Gasteiger partial charge on any atom is -0.495 e. The summed E-state index contributed by atoms with van der Waals surface area (Å²) in [6.45, 7) is 9.30. The summed E-state index contributed by atoms with van der Waals surface area (Å²) in [6.07, 6.45) is 1.16. The Labute approximate surface area is 149 Å². The van der Waals surface area contributed by atoms with Crippen LogP contribution in [0.4, 0.5) is 11.4 Å². The second kappa shape index (κ2) is 8.23. The average Bonchev–Trinajstić information content (AvgIpc) is 2.53. The molecule has 2 rings (SSSR count). The van der Waals surface area contributed by atoms with Crippen molar-refractivity contribution in [3.05, 3.63) is 18.2 Å². The van der Waals surface area contributed by atoms with Gasteiger partial charge in [-0.3, -0.25) is 9.59 Å². The summed E-state index contributed by atoms with van der Waals surface area (Å²) < 4.78 is 5.37. The van der Waals surface area contributed by atoms with Gasteiger partial charge in [-0.2, -0.15) is 0 Å². The SMILES string of the molecule is COc1ccc(NC(C)=O)cc1N[C@H](C)C(=O)N1C[C@H](C)C[C@H](C)C1. The molecule has 1 heterocycles. The first-order chi connectivity index (χ1) is 11.8. The van der Waals surface area contributed by atoms with E-state index in [2.05, 4.69) is 24.5 Å². The van der Waals surface area contributed by atoms with Crippen LogP contribution in [0.1, 0.15) is 34.1 Å². The van der Waals surface area contributed by atoms with Gasteiger partial charge in [-0.05, 0) is 43.4 Å². The van der Waals surface area contributed by atoms with Crippen LogP contribution in [0.2, 0.25) is 0 Å². The molecule has 25 heavy (non-hydrogen) atoms. The minimum absolute atomic E-state index is 0.0883. The summed E-state index contributed by atoms with van der Waals surface area (Å²) >= 11 is 0. The lowest BCUT2D eigenvalue weighted by Crippen LogP contribution is -2.48. The number of anilines is 2. The first kappa shape index (κ1) is 19.1. The third-order valence-corrected chi connectivity index (χ3v) is 4.44. The van der Waals surface area contributed by atoms with Crippen molar-refractivity contribution in [2.45, 2.75) is 40.2 Å². The molecule has 1 aliphatic heterocycles. The van der Waals surface area contributed by atoms with E-state index < -0.39 is 0 Å². The Kier molecular flexibility index (Phi) is 6.28. The molecule has 0 aliphatic carbocycles. The number of carbonyl (C=O) groups excluding carboxylic acids is 2. The standard InChI is InChI=1S/C19H29N3O3/c1-12-8-13(2)11-22(10-12)19(24)14(3)20-17-9-16(21-15(4)23)6-7-18(17)25-5/h6-7,9,12-14,20H,8,10-11H2,1-5H3,(H,21,23)/t12-,13+,14-/m1/s1. The molecule has 6 heteroatoms. The Balaban J connectivity index is 2.11. The van der Waals surface area contributed by atoms with Crippen LogP contribution in [-0.2, 0) is 9.59 Å². The van der Waals surface area contributed by atoms with Gasteiger partial charge in [0.1, 0.15) is 11.8 Å². The van der Waals surface area contributed by atoms with Gasteiger partial charge in [0.2, 0.25) is 11.8 Å². The van der Waals surface area contributed by atoms with E-state index in [0.29, 0.717) is 29.0 Å². The van der Waals surface area contributed by atoms with Gasteiger partial charge >= 0.3 is 0 Å². The van der Waals surface area contributed by atoms with Crippen LogP contribution in [0.15, 0.2) is 18.2 Å². The summed E-state index contributed by atoms with van der Waals surface area (Å²) in [7, 11) is 1.58. The molecule has 138 valence electrons. The van der Waals surface area contributed by atoms with Crippen LogP contribution >= 0.6 is 0 Å². The highest BCUT2D eigenvalue weighted by Crippen LogP contribution is 2.29. The average molecular weight is 347 g/mol. The first-order valence-corrected chi connectivity index (χ1v) is 8.81. The molecule has 2 amide bonds. The predicted molar refractivity (Wildman–Crippen MR) is 99.9 cm³/mol. The zero-order valence-electron chi connectivity index (χ0n) is 15.8. The lowest BCUT2D eigenvalue weighted by atomic mass is 9.91. The fourth-order valence-electron chi connectivity index (χ4n) is 3.51. The highest BCUT2D eigenvalue weighted by Gasteiger charge is 2.28. The monoisotopic (exact) mass is 347 g/mol. The molecule has 0 radical (unpaired) electrons. The number of nitrogens with one attached hydrogen (secondary N) is 2. The van der Waals surface area contributed by atoms with Gasteiger partial charge in [0.25, 0.3) is 0 Å². The minimum atomic E-state index is -0.376. The molecule has 1 aromatic rings. The zero-order chi connectivity index (χ0) is 18.6. The second-order valence-corrected chi connectivity index (χ2v) is 7.15. The third kappa shape index (κ3) is 5.11. The van der Waals surface area contributed by atoms with Crippen LogP contribution in [0, 0.1) is 11.8 Å². The topological polar surface area (TPSA) is 70.7 Å². The summed E-state index contributed by atoms with van der Waals surface area (Å²) in [4.78, 5) is 26.0. The Hall–Kier alpha value is -2.24. The molecule has 0 bridgehead atoms. The highest BCUT2D eigenvalue weighted by molar-refractivity contribution is 5.90. The Morgan fingerprint density at radius 3 is 2.44 bits per heavy atom. The van der Waals surface area contributed by atoms with E-state index in [0.717, 1.165) is 19.5 Å². The maximum Gasteiger partial charge on any atom is 0.244 e.